The number of nitrogens with zero attached hydrogens (tertiary/aromatic N) is 1. The molecule has 19 heavy (non-hydrogen) atoms. The van der Waals surface area contributed by atoms with Gasteiger partial charge < -0.3 is 15.4 Å². The molecule has 0 aromatic heterocycles. The van der Waals surface area contributed by atoms with Gasteiger partial charge >= 0.3 is 0 Å². The van der Waals surface area contributed by atoms with Crippen molar-refractivity contribution >= 4 is 0 Å². The monoisotopic (exact) mass is 262 g/mol. The molecule has 1 saturated heterocycles. The zero-order valence-corrected chi connectivity index (χ0v) is 12.4. The number of benzene rings is 1. The number of rotatable bonds is 4. The van der Waals surface area contributed by atoms with Gasteiger partial charge in [-0.3, -0.25) is 0 Å². The highest BCUT2D eigenvalue weighted by atomic mass is 16.5. The highest BCUT2D eigenvalue weighted by Gasteiger charge is 2.23. The van der Waals surface area contributed by atoms with Crippen LogP contribution < -0.4 is 10.5 Å². The van der Waals surface area contributed by atoms with Crippen LogP contribution in [0.25, 0.3) is 0 Å². The third kappa shape index (κ3) is 4.22. The molecular weight excluding hydrogens is 236 g/mol. The second kappa shape index (κ2) is 5.93. The summed E-state index contributed by atoms with van der Waals surface area (Å²) in [6.07, 6.45) is 2.45. The molecule has 2 rings (SSSR count). The lowest BCUT2D eigenvalue weighted by atomic mass is 9.89. The van der Waals surface area contributed by atoms with Gasteiger partial charge in [0.05, 0.1) is 7.11 Å². The van der Waals surface area contributed by atoms with Crippen molar-refractivity contribution in [2.75, 3.05) is 26.7 Å². The molecule has 0 radical (unpaired) electrons. The molecule has 3 nitrogen and oxygen atoms in total. The maximum atomic E-state index is 6.09. The zero-order chi connectivity index (χ0) is 13.9. The first-order chi connectivity index (χ1) is 8.98. The summed E-state index contributed by atoms with van der Waals surface area (Å²) in [5, 5.41) is 0. The summed E-state index contributed by atoms with van der Waals surface area (Å²) in [7, 11) is 1.71. The Morgan fingerprint density at radius 1 is 1.21 bits per heavy atom. The van der Waals surface area contributed by atoms with Gasteiger partial charge in [-0.1, -0.05) is 12.1 Å². The van der Waals surface area contributed by atoms with Crippen molar-refractivity contribution in [2.24, 2.45) is 5.73 Å². The standard InChI is InChI=1S/C16H26N2O/c1-16(2,17)12-18-10-8-14(9-11-18)13-4-6-15(19-3)7-5-13/h4-7,14H,8-12,17H2,1-3H3. The van der Waals surface area contributed by atoms with E-state index < -0.39 is 0 Å². The number of nitrogens with two attached hydrogens (primary N) is 1. The van der Waals surface area contributed by atoms with Gasteiger partial charge in [0.1, 0.15) is 5.75 Å². The third-order valence-electron chi connectivity index (χ3n) is 3.81. The maximum Gasteiger partial charge on any atom is 0.118 e. The van der Waals surface area contributed by atoms with E-state index in [0.717, 1.165) is 25.4 Å². The second-order valence-electron chi connectivity index (χ2n) is 6.31. The zero-order valence-electron chi connectivity index (χ0n) is 12.4. The van der Waals surface area contributed by atoms with Crippen LogP contribution in [0.15, 0.2) is 24.3 Å². The van der Waals surface area contributed by atoms with Crippen LogP contribution in [0.2, 0.25) is 0 Å². The summed E-state index contributed by atoms with van der Waals surface area (Å²) in [5.41, 5.74) is 7.44. The second-order valence-corrected chi connectivity index (χ2v) is 6.31. The molecule has 2 N–H and O–H groups in total. The third-order valence-corrected chi connectivity index (χ3v) is 3.81. The predicted octanol–water partition coefficient (Wildman–Crippen LogP) is 2.61. The normalized spacial score (nSPS) is 18.5. The van der Waals surface area contributed by atoms with Crippen molar-refractivity contribution in [3.63, 3.8) is 0 Å². The van der Waals surface area contributed by atoms with E-state index in [0.29, 0.717) is 5.92 Å². The molecule has 0 amide bonds. The van der Waals surface area contributed by atoms with Crippen molar-refractivity contribution in [1.82, 2.24) is 4.90 Å². The average molecular weight is 262 g/mol. The molecule has 1 aromatic rings. The van der Waals surface area contributed by atoms with Gasteiger partial charge in [0, 0.05) is 12.1 Å². The summed E-state index contributed by atoms with van der Waals surface area (Å²) < 4.78 is 5.21. The summed E-state index contributed by atoms with van der Waals surface area (Å²) in [4.78, 5) is 2.49. The Morgan fingerprint density at radius 3 is 2.26 bits per heavy atom. The van der Waals surface area contributed by atoms with Crippen LogP contribution in [0, 0.1) is 0 Å². The van der Waals surface area contributed by atoms with Gasteiger partial charge in [0.15, 0.2) is 0 Å². The number of ether oxygens (including phenoxy) is 1. The minimum atomic E-state index is -0.0903. The predicted molar refractivity (Wildman–Crippen MR) is 79.7 cm³/mol. The molecule has 1 fully saturated rings. The van der Waals surface area contributed by atoms with Crippen molar-refractivity contribution in [3.8, 4) is 5.75 Å². The van der Waals surface area contributed by atoms with Gasteiger partial charge in [0.2, 0.25) is 0 Å². The lowest BCUT2D eigenvalue weighted by Crippen LogP contribution is -2.47. The minimum absolute atomic E-state index is 0.0903. The fourth-order valence-corrected chi connectivity index (χ4v) is 2.88. The van der Waals surface area contributed by atoms with Gasteiger partial charge in [-0.15, -0.1) is 0 Å². The number of likely N-dealkylation sites (tertiary alicyclic amines) is 1. The molecule has 106 valence electrons. The van der Waals surface area contributed by atoms with Crippen molar-refractivity contribution in [3.05, 3.63) is 29.8 Å². The highest BCUT2D eigenvalue weighted by Crippen LogP contribution is 2.29. The Morgan fingerprint density at radius 2 is 1.79 bits per heavy atom. The van der Waals surface area contributed by atoms with Gasteiger partial charge in [-0.25, -0.2) is 0 Å². The van der Waals surface area contributed by atoms with Crippen LogP contribution in [-0.4, -0.2) is 37.2 Å². The Bertz CT molecular complexity index is 386. The van der Waals surface area contributed by atoms with Gasteiger partial charge in [-0.2, -0.15) is 0 Å². The molecule has 1 heterocycles. The molecule has 0 saturated carbocycles. The van der Waals surface area contributed by atoms with E-state index in [9.17, 15) is 0 Å². The van der Waals surface area contributed by atoms with Crippen molar-refractivity contribution in [2.45, 2.75) is 38.1 Å². The molecule has 0 aliphatic carbocycles. The van der Waals surface area contributed by atoms with E-state index in [2.05, 4.69) is 43.0 Å². The van der Waals surface area contributed by atoms with Crippen molar-refractivity contribution < 1.29 is 4.74 Å². The Balaban J connectivity index is 1.88. The largest absolute Gasteiger partial charge is 0.497 e. The molecule has 1 aromatic carbocycles. The van der Waals surface area contributed by atoms with E-state index in [1.54, 1.807) is 7.11 Å². The van der Waals surface area contributed by atoms with Crippen LogP contribution in [0.4, 0.5) is 0 Å². The summed E-state index contributed by atoms with van der Waals surface area (Å²) in [6.45, 7) is 7.49. The van der Waals surface area contributed by atoms with Crippen molar-refractivity contribution in [1.29, 1.82) is 0 Å². The number of hydrogen-bond donors (Lipinski definition) is 1. The molecule has 1 aliphatic rings. The molecule has 0 bridgehead atoms. The highest BCUT2D eigenvalue weighted by molar-refractivity contribution is 5.29. The molecular formula is C16H26N2O. The first-order valence-electron chi connectivity index (χ1n) is 7.13. The number of piperidine rings is 1. The molecule has 0 spiro atoms. The minimum Gasteiger partial charge on any atom is -0.497 e. The topological polar surface area (TPSA) is 38.5 Å². The molecule has 0 unspecified atom stereocenters. The lowest BCUT2D eigenvalue weighted by molar-refractivity contribution is 0.179. The van der Waals surface area contributed by atoms with E-state index in [4.69, 9.17) is 10.5 Å². The van der Waals surface area contributed by atoms with Crippen LogP contribution in [0.5, 0.6) is 5.75 Å². The first kappa shape index (κ1) is 14.4. The SMILES string of the molecule is COc1ccc(C2CCN(CC(C)(C)N)CC2)cc1. The first-order valence-corrected chi connectivity index (χ1v) is 7.13. The summed E-state index contributed by atoms with van der Waals surface area (Å²) in [5.74, 6) is 1.62. The number of hydrogen-bond acceptors (Lipinski definition) is 3. The quantitative estimate of drug-likeness (QED) is 0.906. The molecule has 0 atom stereocenters. The van der Waals surface area contributed by atoms with Crippen LogP contribution in [0.3, 0.4) is 0 Å². The summed E-state index contributed by atoms with van der Waals surface area (Å²) >= 11 is 0. The van der Waals surface area contributed by atoms with E-state index in [-0.39, 0.29) is 5.54 Å². The van der Waals surface area contributed by atoms with Crippen LogP contribution in [-0.2, 0) is 0 Å². The Kier molecular flexibility index (Phi) is 4.48. The molecule has 1 aliphatic heterocycles. The van der Waals surface area contributed by atoms with Crippen LogP contribution in [0.1, 0.15) is 38.2 Å². The molecule has 3 heteroatoms. The Hall–Kier alpha value is -1.06. The van der Waals surface area contributed by atoms with E-state index in [1.165, 1.54) is 18.4 Å². The fourth-order valence-electron chi connectivity index (χ4n) is 2.88. The van der Waals surface area contributed by atoms with Gasteiger partial charge in [0.25, 0.3) is 0 Å². The Labute approximate surface area is 116 Å². The number of methoxy groups -OCH3 is 1. The fraction of sp³-hybridized carbons (Fsp3) is 0.625. The van der Waals surface area contributed by atoms with Gasteiger partial charge in [-0.05, 0) is 63.4 Å². The van der Waals surface area contributed by atoms with E-state index in [1.807, 2.05) is 0 Å². The van der Waals surface area contributed by atoms with E-state index >= 15 is 0 Å². The van der Waals surface area contributed by atoms with Crippen LogP contribution >= 0.6 is 0 Å². The lowest BCUT2D eigenvalue weighted by Gasteiger charge is -2.36. The smallest absolute Gasteiger partial charge is 0.118 e. The average Bonchev–Trinajstić information content (AvgIpc) is 2.38. The maximum absolute atomic E-state index is 6.09. The summed E-state index contributed by atoms with van der Waals surface area (Å²) in [6, 6.07) is 8.52.